The van der Waals surface area contributed by atoms with E-state index >= 15 is 0 Å². The van der Waals surface area contributed by atoms with E-state index in [9.17, 15) is 5.11 Å². The van der Waals surface area contributed by atoms with Crippen LogP contribution in [0, 0.1) is 6.92 Å². The van der Waals surface area contributed by atoms with Gasteiger partial charge in [0.2, 0.25) is 0 Å². The second-order valence-electron chi connectivity index (χ2n) is 4.98. The van der Waals surface area contributed by atoms with Crippen LogP contribution in [0.5, 0.6) is 11.5 Å². The number of aliphatic hydroxyl groups excluding tert-OH is 1. The Balaban J connectivity index is 1.96. The third-order valence-electron chi connectivity index (χ3n) is 3.24. The number of ether oxygens (including phenoxy) is 1. The molecule has 1 N–H and O–H groups in total. The van der Waals surface area contributed by atoms with Crippen LogP contribution in [0.1, 0.15) is 24.4 Å². The molecule has 1 aromatic carbocycles. The zero-order valence-electron chi connectivity index (χ0n) is 11.9. The predicted octanol–water partition coefficient (Wildman–Crippen LogP) is 3.78. The van der Waals surface area contributed by atoms with Crippen molar-refractivity contribution < 1.29 is 9.84 Å². The molecule has 0 bridgehead atoms. The number of fused-ring (bicyclic) bond motifs is 1. The first kappa shape index (κ1) is 13.5. The van der Waals surface area contributed by atoms with Gasteiger partial charge in [-0.25, -0.2) is 4.98 Å². The predicted molar refractivity (Wildman–Crippen MR) is 81.4 cm³/mol. The van der Waals surface area contributed by atoms with Gasteiger partial charge in [-0.1, -0.05) is 18.2 Å². The summed E-state index contributed by atoms with van der Waals surface area (Å²) in [5.41, 5.74) is 2.40. The second-order valence-corrected chi connectivity index (χ2v) is 4.98. The molecule has 21 heavy (non-hydrogen) atoms. The van der Waals surface area contributed by atoms with Gasteiger partial charge in [0, 0.05) is 11.1 Å². The number of aryl methyl sites for hydroxylation is 1. The highest BCUT2D eigenvalue weighted by atomic mass is 16.5. The molecule has 0 aliphatic carbocycles. The van der Waals surface area contributed by atoms with Crippen molar-refractivity contribution in [2.75, 3.05) is 0 Å². The fourth-order valence-electron chi connectivity index (χ4n) is 2.13. The normalized spacial score (nSPS) is 12.3. The quantitative estimate of drug-likeness (QED) is 0.793. The van der Waals surface area contributed by atoms with Crippen LogP contribution in [-0.4, -0.2) is 15.1 Å². The number of aromatic nitrogens is 2. The summed E-state index contributed by atoms with van der Waals surface area (Å²) in [4.78, 5) is 8.71. The molecule has 0 fully saturated rings. The van der Waals surface area contributed by atoms with Crippen molar-refractivity contribution in [3.8, 4) is 11.5 Å². The molecule has 3 aromatic rings. The van der Waals surface area contributed by atoms with E-state index in [0.717, 1.165) is 16.6 Å². The summed E-state index contributed by atoms with van der Waals surface area (Å²) in [5, 5.41) is 10.5. The topological polar surface area (TPSA) is 55.2 Å². The summed E-state index contributed by atoms with van der Waals surface area (Å²) in [5.74, 6) is 1.32. The first-order chi connectivity index (χ1) is 10.1. The molecule has 1 atom stereocenters. The van der Waals surface area contributed by atoms with E-state index in [2.05, 4.69) is 9.97 Å². The minimum Gasteiger partial charge on any atom is -0.453 e. The van der Waals surface area contributed by atoms with Gasteiger partial charge in [0.1, 0.15) is 11.3 Å². The number of pyridine rings is 2. The van der Waals surface area contributed by atoms with Crippen molar-refractivity contribution in [1.82, 2.24) is 9.97 Å². The van der Waals surface area contributed by atoms with Crippen LogP contribution >= 0.6 is 0 Å². The number of hydrogen-bond donors (Lipinski definition) is 1. The third kappa shape index (κ3) is 2.85. The highest BCUT2D eigenvalue weighted by Gasteiger charge is 2.07. The summed E-state index contributed by atoms with van der Waals surface area (Å²) >= 11 is 0. The SMILES string of the molecule is Cc1ccc2cccc(Oc3ccc([C@H](C)O)nc3)c2n1. The number of hydrogen-bond acceptors (Lipinski definition) is 4. The average Bonchev–Trinajstić information content (AvgIpc) is 2.48. The van der Waals surface area contributed by atoms with Gasteiger partial charge in [-0.05, 0) is 38.1 Å². The lowest BCUT2D eigenvalue weighted by atomic mass is 10.2. The molecule has 2 aromatic heterocycles. The molecule has 0 spiro atoms. The molecule has 0 aliphatic heterocycles. The zero-order valence-corrected chi connectivity index (χ0v) is 11.9. The Hall–Kier alpha value is -2.46. The van der Waals surface area contributed by atoms with Crippen LogP contribution < -0.4 is 4.74 Å². The molecule has 2 heterocycles. The van der Waals surface area contributed by atoms with Crippen molar-refractivity contribution in [1.29, 1.82) is 0 Å². The van der Waals surface area contributed by atoms with Gasteiger partial charge >= 0.3 is 0 Å². The first-order valence-electron chi connectivity index (χ1n) is 6.82. The van der Waals surface area contributed by atoms with Gasteiger partial charge in [0.25, 0.3) is 0 Å². The van der Waals surface area contributed by atoms with Gasteiger partial charge in [-0.2, -0.15) is 0 Å². The van der Waals surface area contributed by atoms with Gasteiger partial charge < -0.3 is 9.84 Å². The molecule has 0 amide bonds. The summed E-state index contributed by atoms with van der Waals surface area (Å²) in [6, 6.07) is 13.4. The number of aliphatic hydroxyl groups is 1. The van der Waals surface area contributed by atoms with Crippen LogP contribution in [0.3, 0.4) is 0 Å². The van der Waals surface area contributed by atoms with Crippen LogP contribution in [0.4, 0.5) is 0 Å². The van der Waals surface area contributed by atoms with Gasteiger partial charge in [-0.3, -0.25) is 4.98 Å². The number of rotatable bonds is 3. The minimum absolute atomic E-state index is 0.582. The highest BCUT2D eigenvalue weighted by molar-refractivity contribution is 5.84. The highest BCUT2D eigenvalue weighted by Crippen LogP contribution is 2.28. The fraction of sp³-hybridized carbons (Fsp3) is 0.176. The molecule has 0 saturated heterocycles. The maximum Gasteiger partial charge on any atom is 0.153 e. The minimum atomic E-state index is -0.582. The molecule has 0 unspecified atom stereocenters. The van der Waals surface area contributed by atoms with E-state index in [-0.39, 0.29) is 0 Å². The van der Waals surface area contributed by atoms with Crippen molar-refractivity contribution in [3.63, 3.8) is 0 Å². The summed E-state index contributed by atoms with van der Waals surface area (Å²) < 4.78 is 5.87. The second kappa shape index (κ2) is 5.50. The number of para-hydroxylation sites is 1. The van der Waals surface area contributed by atoms with E-state index in [0.29, 0.717) is 17.2 Å². The molecule has 0 aliphatic rings. The maximum atomic E-state index is 9.46. The lowest BCUT2D eigenvalue weighted by Gasteiger charge is -2.09. The molecular weight excluding hydrogens is 264 g/mol. The Morgan fingerprint density at radius 3 is 2.67 bits per heavy atom. The van der Waals surface area contributed by atoms with Crippen molar-refractivity contribution in [3.05, 3.63) is 60.0 Å². The number of nitrogens with zero attached hydrogens (tertiary/aromatic N) is 2. The van der Waals surface area contributed by atoms with E-state index < -0.39 is 6.10 Å². The smallest absolute Gasteiger partial charge is 0.153 e. The van der Waals surface area contributed by atoms with E-state index in [1.807, 2.05) is 37.3 Å². The molecule has 0 saturated carbocycles. The Labute approximate surface area is 123 Å². The molecule has 3 rings (SSSR count). The monoisotopic (exact) mass is 280 g/mol. The Morgan fingerprint density at radius 1 is 1.10 bits per heavy atom. The molecule has 4 nitrogen and oxygen atoms in total. The largest absolute Gasteiger partial charge is 0.453 e. The van der Waals surface area contributed by atoms with Crippen molar-refractivity contribution in [2.24, 2.45) is 0 Å². The van der Waals surface area contributed by atoms with Crippen LogP contribution in [0.15, 0.2) is 48.7 Å². The van der Waals surface area contributed by atoms with Crippen LogP contribution in [0.25, 0.3) is 10.9 Å². The Kier molecular flexibility index (Phi) is 3.54. The lowest BCUT2D eigenvalue weighted by Crippen LogP contribution is -1.95. The van der Waals surface area contributed by atoms with Gasteiger partial charge in [0.15, 0.2) is 5.75 Å². The van der Waals surface area contributed by atoms with E-state index in [4.69, 9.17) is 4.74 Å². The Morgan fingerprint density at radius 2 is 1.95 bits per heavy atom. The first-order valence-corrected chi connectivity index (χ1v) is 6.82. The molecule has 0 radical (unpaired) electrons. The molecule has 106 valence electrons. The molecule has 4 heteroatoms. The standard InChI is InChI=1S/C17H16N2O2/c1-11-6-7-13-4-3-5-16(17(13)19-11)21-14-8-9-15(12(2)20)18-10-14/h3-10,12,20H,1-2H3/t12-/m0/s1. The third-order valence-corrected chi connectivity index (χ3v) is 3.24. The van der Waals surface area contributed by atoms with E-state index in [1.165, 1.54) is 0 Å². The summed E-state index contributed by atoms with van der Waals surface area (Å²) in [6.07, 6.45) is 1.03. The summed E-state index contributed by atoms with van der Waals surface area (Å²) in [6.45, 7) is 3.63. The van der Waals surface area contributed by atoms with Crippen LogP contribution in [0.2, 0.25) is 0 Å². The van der Waals surface area contributed by atoms with Crippen molar-refractivity contribution >= 4 is 10.9 Å². The summed E-state index contributed by atoms with van der Waals surface area (Å²) in [7, 11) is 0. The van der Waals surface area contributed by atoms with Crippen LogP contribution in [-0.2, 0) is 0 Å². The van der Waals surface area contributed by atoms with Gasteiger partial charge in [-0.15, -0.1) is 0 Å². The van der Waals surface area contributed by atoms with E-state index in [1.54, 1.807) is 25.3 Å². The Bertz CT molecular complexity index is 767. The molecular formula is C17H16N2O2. The fourth-order valence-corrected chi connectivity index (χ4v) is 2.13. The lowest BCUT2D eigenvalue weighted by molar-refractivity contribution is 0.194. The zero-order chi connectivity index (χ0) is 14.8. The average molecular weight is 280 g/mol. The maximum absolute atomic E-state index is 9.46. The number of benzene rings is 1. The van der Waals surface area contributed by atoms with Gasteiger partial charge in [0.05, 0.1) is 18.0 Å². The van der Waals surface area contributed by atoms with Crippen molar-refractivity contribution in [2.45, 2.75) is 20.0 Å².